The maximum Gasteiger partial charge on any atom is 0.248 e. The smallest absolute Gasteiger partial charge is 0.248 e. The van der Waals surface area contributed by atoms with Gasteiger partial charge in [-0.2, -0.15) is 0 Å². The zero-order chi connectivity index (χ0) is 17.0. The Bertz CT molecular complexity index is 457. The van der Waals surface area contributed by atoms with E-state index in [2.05, 4.69) is 4.90 Å². The van der Waals surface area contributed by atoms with Crippen LogP contribution in [0.5, 0.6) is 0 Å². The number of carbonyl (C=O) groups excluding carboxylic acids is 2. The summed E-state index contributed by atoms with van der Waals surface area (Å²) in [4.78, 5) is 28.8. The van der Waals surface area contributed by atoms with Crippen LogP contribution in [0.3, 0.4) is 0 Å². The molecule has 6 heteroatoms. The van der Waals surface area contributed by atoms with Crippen LogP contribution in [0, 0.1) is 5.92 Å². The largest absolute Gasteiger partial charge is 0.375 e. The van der Waals surface area contributed by atoms with E-state index in [1.807, 2.05) is 16.7 Å². The van der Waals surface area contributed by atoms with Gasteiger partial charge in [0.1, 0.15) is 6.61 Å². The summed E-state index contributed by atoms with van der Waals surface area (Å²) in [5.41, 5.74) is 0. The highest BCUT2D eigenvalue weighted by atomic mass is 32.2. The molecule has 2 aliphatic heterocycles. The lowest BCUT2D eigenvalue weighted by Gasteiger charge is -2.44. The van der Waals surface area contributed by atoms with Gasteiger partial charge in [-0.3, -0.25) is 9.59 Å². The van der Waals surface area contributed by atoms with Crippen molar-refractivity contribution in [1.82, 2.24) is 9.80 Å². The van der Waals surface area contributed by atoms with E-state index >= 15 is 0 Å². The van der Waals surface area contributed by atoms with Gasteiger partial charge in [0.2, 0.25) is 11.8 Å². The van der Waals surface area contributed by atoms with Gasteiger partial charge in [-0.25, -0.2) is 0 Å². The number of piperidine rings is 1. The van der Waals surface area contributed by atoms with Crippen LogP contribution in [-0.2, 0) is 14.3 Å². The number of rotatable bonds is 5. The summed E-state index contributed by atoms with van der Waals surface area (Å²) in [5, 5.41) is 0. The molecule has 136 valence electrons. The second-order valence-electron chi connectivity index (χ2n) is 7.34. The second kappa shape index (κ2) is 8.09. The van der Waals surface area contributed by atoms with Crippen LogP contribution in [0.25, 0.3) is 0 Å². The third-order valence-corrected chi connectivity index (χ3v) is 7.44. The number of thioether (sulfide) groups is 1. The number of methoxy groups -OCH3 is 1. The highest BCUT2D eigenvalue weighted by Gasteiger charge is 2.46. The van der Waals surface area contributed by atoms with Gasteiger partial charge in [-0.05, 0) is 25.2 Å². The van der Waals surface area contributed by atoms with E-state index in [1.54, 1.807) is 7.11 Å². The van der Waals surface area contributed by atoms with Crippen LogP contribution in [0.2, 0.25) is 0 Å². The minimum Gasteiger partial charge on any atom is -0.375 e. The minimum atomic E-state index is -0.0589. The third kappa shape index (κ3) is 3.90. The van der Waals surface area contributed by atoms with Crippen molar-refractivity contribution in [2.75, 3.05) is 39.1 Å². The number of hydrogen-bond acceptors (Lipinski definition) is 4. The van der Waals surface area contributed by atoms with E-state index < -0.39 is 0 Å². The normalized spacial score (nSPS) is 24.0. The topological polar surface area (TPSA) is 49.9 Å². The predicted octanol–water partition coefficient (Wildman–Crippen LogP) is 2.50. The first kappa shape index (κ1) is 18.1. The Labute approximate surface area is 149 Å². The van der Waals surface area contributed by atoms with Crippen molar-refractivity contribution in [3.05, 3.63) is 0 Å². The number of amides is 2. The molecule has 3 fully saturated rings. The van der Waals surface area contributed by atoms with E-state index in [9.17, 15) is 9.59 Å². The highest BCUT2D eigenvalue weighted by molar-refractivity contribution is 8.00. The van der Waals surface area contributed by atoms with E-state index in [-0.39, 0.29) is 17.4 Å². The SMILES string of the molecule is COCC(=O)N1CCC2(CC1)SCCN2C(=O)CCC1CCCC1. The summed E-state index contributed by atoms with van der Waals surface area (Å²) in [7, 11) is 1.56. The Balaban J connectivity index is 1.53. The van der Waals surface area contributed by atoms with Gasteiger partial charge in [0.15, 0.2) is 0 Å². The maximum atomic E-state index is 12.8. The average molecular weight is 355 g/mol. The first-order valence-corrected chi connectivity index (χ1v) is 10.3. The Hall–Kier alpha value is -0.750. The zero-order valence-electron chi connectivity index (χ0n) is 14.8. The number of carbonyl (C=O) groups is 2. The van der Waals surface area contributed by atoms with Crippen molar-refractivity contribution in [3.8, 4) is 0 Å². The van der Waals surface area contributed by atoms with E-state index in [1.165, 1.54) is 25.7 Å². The van der Waals surface area contributed by atoms with Crippen LogP contribution in [0.4, 0.5) is 0 Å². The summed E-state index contributed by atoms with van der Waals surface area (Å²) >= 11 is 1.92. The van der Waals surface area contributed by atoms with Gasteiger partial charge in [0, 0.05) is 38.9 Å². The summed E-state index contributed by atoms with van der Waals surface area (Å²) in [6.45, 7) is 2.51. The average Bonchev–Trinajstić information content (AvgIpc) is 3.24. The Morgan fingerprint density at radius 1 is 1.12 bits per heavy atom. The quantitative estimate of drug-likeness (QED) is 0.761. The molecule has 1 spiro atoms. The molecule has 0 N–H and O–H groups in total. The lowest BCUT2D eigenvalue weighted by Crippen LogP contribution is -2.54. The summed E-state index contributed by atoms with van der Waals surface area (Å²) in [6, 6.07) is 0. The summed E-state index contributed by atoms with van der Waals surface area (Å²) < 4.78 is 4.95. The first-order chi connectivity index (χ1) is 11.6. The van der Waals surface area contributed by atoms with Gasteiger partial charge in [0.05, 0.1) is 4.87 Å². The number of hydrogen-bond donors (Lipinski definition) is 0. The van der Waals surface area contributed by atoms with Gasteiger partial charge < -0.3 is 14.5 Å². The van der Waals surface area contributed by atoms with Crippen molar-refractivity contribution in [2.45, 2.75) is 56.2 Å². The standard InChI is InChI=1S/C18H30N2O3S/c1-23-14-17(22)19-10-8-18(9-11-19)20(12-13-24-18)16(21)7-6-15-4-2-3-5-15/h15H,2-14H2,1H3. The fourth-order valence-electron chi connectivity index (χ4n) is 4.46. The molecule has 3 aliphatic rings. The van der Waals surface area contributed by atoms with Crippen molar-refractivity contribution < 1.29 is 14.3 Å². The molecule has 0 unspecified atom stereocenters. The molecule has 1 saturated carbocycles. The fraction of sp³-hybridized carbons (Fsp3) is 0.889. The highest BCUT2D eigenvalue weighted by Crippen LogP contribution is 2.44. The van der Waals surface area contributed by atoms with Crippen LogP contribution < -0.4 is 0 Å². The van der Waals surface area contributed by atoms with Crippen LogP contribution >= 0.6 is 11.8 Å². The van der Waals surface area contributed by atoms with Crippen LogP contribution in [-0.4, -0.2) is 65.6 Å². The van der Waals surface area contributed by atoms with Crippen molar-refractivity contribution in [3.63, 3.8) is 0 Å². The molecular formula is C18H30N2O3S. The first-order valence-electron chi connectivity index (χ1n) is 9.36. The molecule has 0 bridgehead atoms. The molecule has 5 nitrogen and oxygen atoms in total. The van der Waals surface area contributed by atoms with Crippen LogP contribution in [0.15, 0.2) is 0 Å². The van der Waals surface area contributed by atoms with Crippen molar-refractivity contribution in [2.24, 2.45) is 5.92 Å². The molecule has 0 aromatic heterocycles. The molecule has 2 heterocycles. The molecule has 2 saturated heterocycles. The Morgan fingerprint density at radius 2 is 1.83 bits per heavy atom. The molecule has 0 aromatic carbocycles. The second-order valence-corrected chi connectivity index (χ2v) is 8.80. The Morgan fingerprint density at radius 3 is 2.50 bits per heavy atom. The molecule has 1 aliphatic carbocycles. The molecule has 0 aromatic rings. The van der Waals surface area contributed by atoms with E-state index in [0.29, 0.717) is 12.3 Å². The molecule has 0 atom stereocenters. The van der Waals surface area contributed by atoms with Crippen LogP contribution in [0.1, 0.15) is 51.4 Å². The minimum absolute atomic E-state index is 0.0589. The van der Waals surface area contributed by atoms with Gasteiger partial charge >= 0.3 is 0 Å². The monoisotopic (exact) mass is 354 g/mol. The number of likely N-dealkylation sites (tertiary alicyclic amines) is 1. The lowest BCUT2D eigenvalue weighted by molar-refractivity contribution is -0.139. The van der Waals surface area contributed by atoms with Crippen molar-refractivity contribution in [1.29, 1.82) is 0 Å². The zero-order valence-corrected chi connectivity index (χ0v) is 15.6. The van der Waals surface area contributed by atoms with Gasteiger partial charge in [0.25, 0.3) is 0 Å². The van der Waals surface area contributed by atoms with E-state index in [4.69, 9.17) is 4.74 Å². The predicted molar refractivity (Wildman–Crippen MR) is 95.8 cm³/mol. The third-order valence-electron chi connectivity index (χ3n) is 5.89. The molecule has 3 rings (SSSR count). The maximum absolute atomic E-state index is 12.8. The molecule has 24 heavy (non-hydrogen) atoms. The lowest BCUT2D eigenvalue weighted by atomic mass is 9.98. The fourth-order valence-corrected chi connectivity index (χ4v) is 5.93. The van der Waals surface area contributed by atoms with Gasteiger partial charge in [-0.1, -0.05) is 25.7 Å². The number of ether oxygens (including phenoxy) is 1. The molecule has 2 amide bonds. The summed E-state index contributed by atoms with van der Waals surface area (Å²) in [5.74, 6) is 2.20. The summed E-state index contributed by atoms with van der Waals surface area (Å²) in [6.07, 6.45) is 8.85. The molecule has 0 radical (unpaired) electrons. The van der Waals surface area contributed by atoms with E-state index in [0.717, 1.165) is 50.6 Å². The molecular weight excluding hydrogens is 324 g/mol. The van der Waals surface area contributed by atoms with Gasteiger partial charge in [-0.15, -0.1) is 11.8 Å². The van der Waals surface area contributed by atoms with Crippen molar-refractivity contribution >= 4 is 23.6 Å². The number of nitrogens with zero attached hydrogens (tertiary/aromatic N) is 2. The Kier molecular flexibility index (Phi) is 6.08.